The van der Waals surface area contributed by atoms with E-state index >= 15 is 0 Å². The summed E-state index contributed by atoms with van der Waals surface area (Å²) in [6.45, 7) is 0. The zero-order valence-electron chi connectivity index (χ0n) is 17.4. The van der Waals surface area contributed by atoms with Gasteiger partial charge in [-0.15, -0.1) is 0 Å². The van der Waals surface area contributed by atoms with Gasteiger partial charge in [-0.25, -0.2) is 14.6 Å². The van der Waals surface area contributed by atoms with Crippen LogP contribution in [0.25, 0.3) is 5.95 Å². The molecule has 0 aliphatic heterocycles. The molecule has 32 heavy (non-hydrogen) atoms. The molecule has 1 aromatic carbocycles. The number of nitrogens with two attached hydrogens (primary N) is 1. The van der Waals surface area contributed by atoms with Crippen molar-refractivity contribution in [2.75, 3.05) is 0 Å². The van der Waals surface area contributed by atoms with Gasteiger partial charge in [0.1, 0.15) is 0 Å². The fraction of sp³-hybridized carbons (Fsp3) is 0.391. The standard InChI is InChI=1S/C23H24F3N5O/c24-23(25,26)20-19(21(27)32)18(31(30-20)22-28-11-6-12-29-22)14-17(13-15-7-4-5-8-15)16-9-2-1-3-10-16/h1-3,6,9-12,15,17H,4-5,7-8,13-14H2,(H2,27,32). The van der Waals surface area contributed by atoms with Gasteiger partial charge in [0.25, 0.3) is 11.9 Å². The minimum absolute atomic E-state index is 0.0341. The van der Waals surface area contributed by atoms with Crippen LogP contribution in [0, 0.1) is 5.92 Å². The molecule has 2 N–H and O–H groups in total. The Morgan fingerprint density at radius 2 is 1.75 bits per heavy atom. The lowest BCUT2D eigenvalue weighted by atomic mass is 9.84. The smallest absolute Gasteiger partial charge is 0.365 e. The molecule has 168 valence electrons. The number of nitrogens with zero attached hydrogens (tertiary/aromatic N) is 4. The first-order valence-electron chi connectivity index (χ1n) is 10.7. The number of primary amides is 1. The summed E-state index contributed by atoms with van der Waals surface area (Å²) in [7, 11) is 0. The zero-order chi connectivity index (χ0) is 22.7. The van der Waals surface area contributed by atoms with Crippen LogP contribution in [0.15, 0.2) is 48.8 Å². The summed E-state index contributed by atoms with van der Waals surface area (Å²) >= 11 is 0. The number of halogens is 3. The maximum Gasteiger partial charge on any atom is 0.436 e. The second-order valence-electron chi connectivity index (χ2n) is 8.19. The normalized spacial score (nSPS) is 15.7. The number of alkyl halides is 3. The maximum atomic E-state index is 13.8. The van der Waals surface area contributed by atoms with E-state index in [2.05, 4.69) is 15.1 Å². The van der Waals surface area contributed by atoms with Crippen LogP contribution < -0.4 is 5.73 Å². The molecule has 2 aromatic heterocycles. The molecule has 9 heteroatoms. The molecule has 0 saturated heterocycles. The van der Waals surface area contributed by atoms with E-state index in [1.165, 1.54) is 12.4 Å². The molecule has 1 aliphatic rings. The van der Waals surface area contributed by atoms with E-state index in [4.69, 9.17) is 5.73 Å². The number of hydrogen-bond acceptors (Lipinski definition) is 4. The van der Waals surface area contributed by atoms with Crippen molar-refractivity contribution in [1.82, 2.24) is 19.7 Å². The average Bonchev–Trinajstić information content (AvgIpc) is 3.42. The lowest BCUT2D eigenvalue weighted by Gasteiger charge is -2.22. The number of amides is 1. The Labute approximate surface area is 183 Å². The number of rotatable bonds is 7. The molecule has 1 saturated carbocycles. The van der Waals surface area contributed by atoms with Gasteiger partial charge >= 0.3 is 6.18 Å². The van der Waals surface area contributed by atoms with Gasteiger partial charge in [0.05, 0.1) is 11.3 Å². The number of aromatic nitrogens is 4. The third-order valence-electron chi connectivity index (χ3n) is 6.04. The summed E-state index contributed by atoms with van der Waals surface area (Å²) in [4.78, 5) is 20.3. The van der Waals surface area contributed by atoms with Crippen molar-refractivity contribution >= 4 is 5.91 Å². The van der Waals surface area contributed by atoms with E-state index in [1.807, 2.05) is 30.3 Å². The molecule has 6 nitrogen and oxygen atoms in total. The second kappa shape index (κ2) is 9.10. The summed E-state index contributed by atoms with van der Waals surface area (Å²) in [5.74, 6) is -0.809. The van der Waals surface area contributed by atoms with E-state index in [0.29, 0.717) is 5.92 Å². The molecule has 2 heterocycles. The Bertz CT molecular complexity index is 1060. The second-order valence-corrected chi connectivity index (χ2v) is 8.19. The van der Waals surface area contributed by atoms with Gasteiger partial charge in [0.2, 0.25) is 0 Å². The van der Waals surface area contributed by atoms with Gasteiger partial charge in [-0.1, -0.05) is 56.0 Å². The highest BCUT2D eigenvalue weighted by molar-refractivity contribution is 5.95. The SMILES string of the molecule is NC(=O)c1c(C(F)(F)F)nn(-c2ncccn2)c1CC(CC1CCCC1)c1ccccc1. The third kappa shape index (κ3) is 4.66. The predicted molar refractivity (Wildman–Crippen MR) is 112 cm³/mol. The van der Waals surface area contributed by atoms with Crippen LogP contribution in [0.5, 0.6) is 0 Å². The largest absolute Gasteiger partial charge is 0.436 e. The van der Waals surface area contributed by atoms with Gasteiger partial charge in [-0.2, -0.15) is 18.3 Å². The van der Waals surface area contributed by atoms with Crippen LogP contribution in [-0.2, 0) is 12.6 Å². The van der Waals surface area contributed by atoms with Crippen molar-refractivity contribution in [2.24, 2.45) is 11.7 Å². The average molecular weight is 443 g/mol. The van der Waals surface area contributed by atoms with Crippen molar-refractivity contribution in [3.05, 3.63) is 71.3 Å². The summed E-state index contributed by atoms with van der Waals surface area (Å²) in [5.41, 5.74) is 4.62. The zero-order valence-corrected chi connectivity index (χ0v) is 17.4. The fourth-order valence-corrected chi connectivity index (χ4v) is 4.61. The number of carbonyl (C=O) groups excluding carboxylic acids is 1. The first-order chi connectivity index (χ1) is 15.3. The molecule has 0 bridgehead atoms. The topological polar surface area (TPSA) is 86.7 Å². The Morgan fingerprint density at radius 1 is 1.09 bits per heavy atom. The number of hydrogen-bond donors (Lipinski definition) is 1. The third-order valence-corrected chi connectivity index (χ3v) is 6.04. The van der Waals surface area contributed by atoms with Gasteiger partial charge in [0, 0.05) is 12.4 Å². The van der Waals surface area contributed by atoms with E-state index in [9.17, 15) is 18.0 Å². The lowest BCUT2D eigenvalue weighted by molar-refractivity contribution is -0.141. The summed E-state index contributed by atoms with van der Waals surface area (Å²) in [6.07, 6.45) is 3.48. The molecule has 1 amide bonds. The minimum Gasteiger partial charge on any atom is -0.365 e. The Balaban J connectivity index is 1.83. The molecule has 1 unspecified atom stereocenters. The van der Waals surface area contributed by atoms with Crippen LogP contribution in [0.1, 0.15) is 65.3 Å². The predicted octanol–water partition coefficient (Wildman–Crippen LogP) is 4.69. The Hall–Kier alpha value is -3.23. The summed E-state index contributed by atoms with van der Waals surface area (Å²) < 4.78 is 42.4. The first kappa shape index (κ1) is 22.0. The Kier molecular flexibility index (Phi) is 6.25. The summed E-state index contributed by atoms with van der Waals surface area (Å²) in [6, 6.07) is 11.2. The highest BCUT2D eigenvalue weighted by Gasteiger charge is 2.42. The lowest BCUT2D eigenvalue weighted by Crippen LogP contribution is -2.20. The fourth-order valence-electron chi connectivity index (χ4n) is 4.61. The van der Waals surface area contributed by atoms with Gasteiger partial charge in [-0.3, -0.25) is 4.79 Å². The van der Waals surface area contributed by atoms with Crippen LogP contribution in [0.2, 0.25) is 0 Å². The molecule has 1 atom stereocenters. The van der Waals surface area contributed by atoms with Gasteiger partial charge in [0.15, 0.2) is 5.69 Å². The number of carbonyl (C=O) groups is 1. The summed E-state index contributed by atoms with van der Waals surface area (Å²) in [5, 5.41) is 3.72. The molecular formula is C23H24F3N5O. The quantitative estimate of drug-likeness (QED) is 0.574. The maximum absolute atomic E-state index is 13.8. The van der Waals surface area contributed by atoms with E-state index in [-0.39, 0.29) is 24.0 Å². The van der Waals surface area contributed by atoms with E-state index in [1.54, 1.807) is 6.07 Å². The van der Waals surface area contributed by atoms with E-state index < -0.39 is 23.3 Å². The van der Waals surface area contributed by atoms with Crippen molar-refractivity contribution in [3.63, 3.8) is 0 Å². The van der Waals surface area contributed by atoms with Crippen LogP contribution in [0.4, 0.5) is 13.2 Å². The highest BCUT2D eigenvalue weighted by Crippen LogP contribution is 2.39. The Morgan fingerprint density at radius 3 is 2.34 bits per heavy atom. The molecular weight excluding hydrogens is 419 g/mol. The monoisotopic (exact) mass is 443 g/mol. The van der Waals surface area contributed by atoms with Crippen LogP contribution in [-0.4, -0.2) is 25.7 Å². The molecule has 1 fully saturated rings. The molecule has 0 radical (unpaired) electrons. The molecule has 4 rings (SSSR count). The molecule has 0 spiro atoms. The van der Waals surface area contributed by atoms with E-state index in [0.717, 1.165) is 42.3 Å². The van der Waals surface area contributed by atoms with Gasteiger partial charge in [-0.05, 0) is 36.3 Å². The highest BCUT2D eigenvalue weighted by atomic mass is 19.4. The number of benzene rings is 1. The van der Waals surface area contributed by atoms with Crippen molar-refractivity contribution in [3.8, 4) is 5.95 Å². The van der Waals surface area contributed by atoms with Gasteiger partial charge < -0.3 is 5.73 Å². The van der Waals surface area contributed by atoms with Crippen molar-refractivity contribution in [1.29, 1.82) is 0 Å². The van der Waals surface area contributed by atoms with Crippen molar-refractivity contribution in [2.45, 2.75) is 50.6 Å². The van der Waals surface area contributed by atoms with Crippen LogP contribution in [0.3, 0.4) is 0 Å². The minimum atomic E-state index is -4.84. The first-order valence-corrected chi connectivity index (χ1v) is 10.7. The van der Waals surface area contributed by atoms with Crippen LogP contribution >= 0.6 is 0 Å². The molecule has 3 aromatic rings. The van der Waals surface area contributed by atoms with Crippen molar-refractivity contribution < 1.29 is 18.0 Å². The molecule has 1 aliphatic carbocycles.